The van der Waals surface area contributed by atoms with Crippen LogP contribution in [0.2, 0.25) is 0 Å². The van der Waals surface area contributed by atoms with Crippen molar-refractivity contribution in [1.82, 2.24) is 25.4 Å². The van der Waals surface area contributed by atoms with Crippen molar-refractivity contribution in [2.24, 2.45) is 12.0 Å². The first-order valence-electron chi connectivity index (χ1n) is 7.52. The van der Waals surface area contributed by atoms with Crippen LogP contribution in [0, 0.1) is 13.8 Å². The van der Waals surface area contributed by atoms with E-state index in [2.05, 4.69) is 39.6 Å². The summed E-state index contributed by atoms with van der Waals surface area (Å²) in [4.78, 5) is 10.4. The Morgan fingerprint density at radius 3 is 2.77 bits per heavy atom. The monoisotopic (exact) mass is 320 g/mol. The van der Waals surface area contributed by atoms with E-state index in [1.807, 2.05) is 24.7 Å². The maximum atomic E-state index is 4.60. The molecular weight excluding hydrogens is 296 g/mol. The number of aryl methyl sites for hydroxylation is 3. The summed E-state index contributed by atoms with van der Waals surface area (Å²) in [7, 11) is 1.93. The molecule has 0 aliphatic heterocycles. The Kier molecular flexibility index (Phi) is 5.94. The molecule has 0 spiro atoms. The molecule has 0 radical (unpaired) electrons. The molecule has 0 aliphatic rings. The van der Waals surface area contributed by atoms with Crippen LogP contribution in [-0.4, -0.2) is 33.8 Å². The van der Waals surface area contributed by atoms with E-state index in [0.717, 1.165) is 41.9 Å². The van der Waals surface area contributed by atoms with E-state index >= 15 is 0 Å². The van der Waals surface area contributed by atoms with Gasteiger partial charge >= 0.3 is 0 Å². The number of thiazole rings is 1. The number of nitrogens with one attached hydrogen (secondary N) is 2. The van der Waals surface area contributed by atoms with Gasteiger partial charge in [-0.15, -0.1) is 11.3 Å². The lowest BCUT2D eigenvalue weighted by Gasteiger charge is -2.11. The average Bonchev–Trinajstić information content (AvgIpc) is 3.02. The van der Waals surface area contributed by atoms with Crippen LogP contribution < -0.4 is 10.6 Å². The summed E-state index contributed by atoms with van der Waals surface area (Å²) in [6, 6.07) is 1.98. The van der Waals surface area contributed by atoms with E-state index in [4.69, 9.17) is 0 Å². The number of hydrogen-bond acceptors (Lipinski definition) is 4. The Morgan fingerprint density at radius 1 is 1.36 bits per heavy atom. The zero-order valence-corrected chi connectivity index (χ0v) is 14.5. The minimum absolute atomic E-state index is 0.616. The molecule has 6 nitrogen and oxygen atoms in total. The Morgan fingerprint density at radius 2 is 2.18 bits per heavy atom. The zero-order valence-electron chi connectivity index (χ0n) is 13.7. The standard InChI is InChI=1S/C15H24N6S/c1-5-16-15(18-10-13-6-9-19-21(13)4)17-8-7-14-11(2)20-12(3)22-14/h6,9H,5,7-8,10H2,1-4H3,(H2,16,17,18). The van der Waals surface area contributed by atoms with Gasteiger partial charge < -0.3 is 10.6 Å². The van der Waals surface area contributed by atoms with Crippen LogP contribution in [0.25, 0.3) is 0 Å². The first kappa shape index (κ1) is 16.5. The minimum Gasteiger partial charge on any atom is -0.357 e. The van der Waals surface area contributed by atoms with E-state index in [1.165, 1.54) is 4.88 Å². The summed E-state index contributed by atoms with van der Waals surface area (Å²) in [6.45, 7) is 8.49. The number of aliphatic imine (C=N–C) groups is 1. The Bertz CT molecular complexity index is 628. The highest BCUT2D eigenvalue weighted by molar-refractivity contribution is 7.11. The number of aromatic nitrogens is 3. The summed E-state index contributed by atoms with van der Waals surface area (Å²) in [5.41, 5.74) is 2.23. The molecule has 2 aromatic rings. The summed E-state index contributed by atoms with van der Waals surface area (Å²) in [6.07, 6.45) is 2.76. The molecular formula is C15H24N6S. The van der Waals surface area contributed by atoms with Gasteiger partial charge in [-0.05, 0) is 26.8 Å². The van der Waals surface area contributed by atoms with Crippen LogP contribution in [0.5, 0.6) is 0 Å². The minimum atomic E-state index is 0.616. The third-order valence-corrected chi connectivity index (χ3v) is 4.44. The molecule has 0 bridgehead atoms. The molecule has 2 aromatic heterocycles. The predicted octanol–water partition coefficient (Wildman–Crippen LogP) is 1.79. The van der Waals surface area contributed by atoms with E-state index < -0.39 is 0 Å². The Balaban J connectivity index is 1.88. The average molecular weight is 320 g/mol. The van der Waals surface area contributed by atoms with Crippen molar-refractivity contribution >= 4 is 17.3 Å². The summed E-state index contributed by atoms with van der Waals surface area (Å²) in [5, 5.41) is 11.9. The van der Waals surface area contributed by atoms with Gasteiger partial charge in [0.2, 0.25) is 0 Å². The Labute approximate surface area is 135 Å². The molecule has 22 heavy (non-hydrogen) atoms. The molecule has 7 heteroatoms. The van der Waals surface area contributed by atoms with Crippen LogP contribution in [0.15, 0.2) is 17.3 Å². The number of rotatable bonds is 6. The van der Waals surface area contributed by atoms with E-state index in [9.17, 15) is 0 Å². The first-order valence-corrected chi connectivity index (χ1v) is 8.33. The van der Waals surface area contributed by atoms with Gasteiger partial charge in [0.15, 0.2) is 5.96 Å². The highest BCUT2D eigenvalue weighted by Gasteiger charge is 2.05. The van der Waals surface area contributed by atoms with Crippen LogP contribution >= 0.6 is 11.3 Å². The topological polar surface area (TPSA) is 67.1 Å². The van der Waals surface area contributed by atoms with Gasteiger partial charge in [0.1, 0.15) is 0 Å². The van der Waals surface area contributed by atoms with Crippen LogP contribution in [0.3, 0.4) is 0 Å². The molecule has 2 heterocycles. The quantitative estimate of drug-likeness (QED) is 0.629. The lowest BCUT2D eigenvalue weighted by Crippen LogP contribution is -2.38. The number of nitrogens with zero attached hydrogens (tertiary/aromatic N) is 4. The van der Waals surface area contributed by atoms with Gasteiger partial charge in [-0.2, -0.15) is 5.10 Å². The lowest BCUT2D eigenvalue weighted by atomic mass is 10.3. The largest absolute Gasteiger partial charge is 0.357 e. The number of guanidine groups is 1. The van der Waals surface area contributed by atoms with Crippen LogP contribution in [-0.2, 0) is 20.0 Å². The fourth-order valence-corrected chi connectivity index (χ4v) is 3.09. The maximum Gasteiger partial charge on any atom is 0.191 e. The summed E-state index contributed by atoms with van der Waals surface area (Å²) >= 11 is 1.77. The maximum absolute atomic E-state index is 4.60. The van der Waals surface area contributed by atoms with Gasteiger partial charge in [-0.1, -0.05) is 0 Å². The predicted molar refractivity (Wildman–Crippen MR) is 91.3 cm³/mol. The van der Waals surface area contributed by atoms with Crippen molar-refractivity contribution in [3.05, 3.63) is 33.5 Å². The van der Waals surface area contributed by atoms with E-state index in [0.29, 0.717) is 6.54 Å². The fourth-order valence-electron chi connectivity index (χ4n) is 2.16. The van der Waals surface area contributed by atoms with Crippen molar-refractivity contribution in [3.8, 4) is 0 Å². The number of hydrogen-bond donors (Lipinski definition) is 2. The van der Waals surface area contributed by atoms with Gasteiger partial charge in [0.05, 0.1) is 22.9 Å². The van der Waals surface area contributed by atoms with E-state index in [-0.39, 0.29) is 0 Å². The van der Waals surface area contributed by atoms with Gasteiger partial charge in [0, 0.05) is 37.6 Å². The zero-order chi connectivity index (χ0) is 15.9. The molecule has 2 N–H and O–H groups in total. The fraction of sp³-hybridized carbons (Fsp3) is 0.533. The van der Waals surface area contributed by atoms with Crippen molar-refractivity contribution in [1.29, 1.82) is 0 Å². The van der Waals surface area contributed by atoms with Crippen molar-refractivity contribution < 1.29 is 0 Å². The van der Waals surface area contributed by atoms with Crippen LogP contribution in [0.1, 0.15) is 28.2 Å². The van der Waals surface area contributed by atoms with Gasteiger partial charge in [-0.25, -0.2) is 9.98 Å². The van der Waals surface area contributed by atoms with Crippen molar-refractivity contribution in [3.63, 3.8) is 0 Å². The third-order valence-electron chi connectivity index (χ3n) is 3.31. The molecule has 0 saturated heterocycles. The van der Waals surface area contributed by atoms with E-state index in [1.54, 1.807) is 17.5 Å². The highest BCUT2D eigenvalue weighted by Crippen LogP contribution is 2.16. The molecule has 0 unspecified atom stereocenters. The molecule has 2 rings (SSSR count). The SMILES string of the molecule is CCNC(=NCc1ccnn1C)NCCc1sc(C)nc1C. The Hall–Kier alpha value is -1.89. The summed E-state index contributed by atoms with van der Waals surface area (Å²) < 4.78 is 1.84. The van der Waals surface area contributed by atoms with Crippen LogP contribution in [0.4, 0.5) is 0 Å². The third kappa shape index (κ3) is 4.56. The molecule has 0 amide bonds. The molecule has 0 aliphatic carbocycles. The van der Waals surface area contributed by atoms with Crippen molar-refractivity contribution in [2.75, 3.05) is 13.1 Å². The van der Waals surface area contributed by atoms with Gasteiger partial charge in [0.25, 0.3) is 0 Å². The molecule has 0 atom stereocenters. The lowest BCUT2D eigenvalue weighted by molar-refractivity contribution is 0.707. The summed E-state index contributed by atoms with van der Waals surface area (Å²) in [5.74, 6) is 0.836. The molecule has 0 fully saturated rings. The van der Waals surface area contributed by atoms with Crippen molar-refractivity contribution in [2.45, 2.75) is 33.7 Å². The molecule has 0 saturated carbocycles. The smallest absolute Gasteiger partial charge is 0.191 e. The molecule has 0 aromatic carbocycles. The second-order valence-electron chi connectivity index (χ2n) is 5.06. The molecule has 120 valence electrons. The second-order valence-corrected chi connectivity index (χ2v) is 6.35. The first-order chi connectivity index (χ1) is 10.6. The normalized spacial score (nSPS) is 11.7. The van der Waals surface area contributed by atoms with Gasteiger partial charge in [-0.3, -0.25) is 4.68 Å². The second kappa shape index (κ2) is 7.93. The highest BCUT2D eigenvalue weighted by atomic mass is 32.1.